The molecule has 0 saturated heterocycles. The van der Waals surface area contributed by atoms with Gasteiger partial charge in [0.15, 0.2) is 18.1 Å². The largest absolute Gasteiger partial charge is 0.493 e. The van der Waals surface area contributed by atoms with Crippen LogP contribution in [0.3, 0.4) is 0 Å². The van der Waals surface area contributed by atoms with Crippen molar-refractivity contribution in [3.8, 4) is 17.2 Å². The van der Waals surface area contributed by atoms with Gasteiger partial charge in [-0.2, -0.15) is 0 Å². The van der Waals surface area contributed by atoms with E-state index in [9.17, 15) is 4.79 Å². The van der Waals surface area contributed by atoms with Gasteiger partial charge >= 0.3 is 0 Å². The molecule has 0 aliphatic heterocycles. The van der Waals surface area contributed by atoms with E-state index in [2.05, 4.69) is 5.32 Å². The van der Waals surface area contributed by atoms with E-state index >= 15 is 0 Å². The number of hydrogen-bond donors (Lipinski definition) is 1. The van der Waals surface area contributed by atoms with E-state index in [1.807, 2.05) is 12.1 Å². The predicted octanol–water partition coefficient (Wildman–Crippen LogP) is 3.05. The van der Waals surface area contributed by atoms with E-state index in [1.165, 1.54) is 0 Å². The molecule has 0 bridgehead atoms. The first-order valence-corrected chi connectivity index (χ1v) is 7.36. The van der Waals surface area contributed by atoms with E-state index < -0.39 is 0 Å². The highest BCUT2D eigenvalue weighted by molar-refractivity contribution is 6.32. The Kier molecular flexibility index (Phi) is 6.11. The number of nitrogens with one attached hydrogen (secondary N) is 1. The molecule has 2 rings (SSSR count). The van der Waals surface area contributed by atoms with Crippen molar-refractivity contribution >= 4 is 17.5 Å². The van der Waals surface area contributed by atoms with Crippen molar-refractivity contribution in [2.75, 3.05) is 20.8 Å². The normalized spacial score (nSPS) is 10.0. The lowest BCUT2D eigenvalue weighted by Gasteiger charge is -2.11. The van der Waals surface area contributed by atoms with Crippen molar-refractivity contribution in [2.45, 2.75) is 6.54 Å². The third kappa shape index (κ3) is 4.79. The standard InChI is InChI=1S/C17H18ClNO4/c1-21-15-8-7-12(9-16(15)22-2)10-19-17(20)11-23-14-6-4-3-5-13(14)18/h3-9H,10-11H2,1-2H3,(H,19,20). The Morgan fingerprint density at radius 1 is 1.04 bits per heavy atom. The van der Waals surface area contributed by atoms with Gasteiger partial charge in [-0.25, -0.2) is 0 Å². The second-order valence-corrected chi connectivity index (χ2v) is 5.09. The van der Waals surface area contributed by atoms with Gasteiger partial charge in [-0.15, -0.1) is 0 Å². The summed E-state index contributed by atoms with van der Waals surface area (Å²) in [6, 6.07) is 12.5. The number of methoxy groups -OCH3 is 2. The smallest absolute Gasteiger partial charge is 0.258 e. The van der Waals surface area contributed by atoms with Crippen molar-refractivity contribution in [3.63, 3.8) is 0 Å². The quantitative estimate of drug-likeness (QED) is 0.845. The highest BCUT2D eigenvalue weighted by Gasteiger charge is 2.07. The average molecular weight is 336 g/mol. The van der Waals surface area contributed by atoms with Crippen LogP contribution in [0.2, 0.25) is 5.02 Å². The molecule has 6 heteroatoms. The van der Waals surface area contributed by atoms with Gasteiger partial charge in [-0.1, -0.05) is 29.8 Å². The van der Waals surface area contributed by atoms with E-state index in [0.717, 1.165) is 5.56 Å². The molecular formula is C17H18ClNO4. The van der Waals surface area contributed by atoms with Crippen molar-refractivity contribution < 1.29 is 19.0 Å². The van der Waals surface area contributed by atoms with E-state index in [-0.39, 0.29) is 12.5 Å². The fraction of sp³-hybridized carbons (Fsp3) is 0.235. The van der Waals surface area contributed by atoms with Crippen molar-refractivity contribution in [1.29, 1.82) is 0 Å². The minimum Gasteiger partial charge on any atom is -0.493 e. The Hall–Kier alpha value is -2.40. The fourth-order valence-electron chi connectivity index (χ4n) is 1.95. The molecule has 0 spiro atoms. The van der Waals surface area contributed by atoms with Gasteiger partial charge in [-0.05, 0) is 29.8 Å². The zero-order chi connectivity index (χ0) is 16.7. The maximum absolute atomic E-state index is 11.8. The summed E-state index contributed by atoms with van der Waals surface area (Å²) in [5, 5.41) is 3.25. The fourth-order valence-corrected chi connectivity index (χ4v) is 2.14. The minimum absolute atomic E-state index is 0.100. The lowest BCUT2D eigenvalue weighted by Crippen LogP contribution is -2.28. The third-order valence-corrected chi connectivity index (χ3v) is 3.45. The number of halogens is 1. The van der Waals surface area contributed by atoms with Crippen LogP contribution in [-0.2, 0) is 11.3 Å². The molecule has 0 heterocycles. The summed E-state index contributed by atoms with van der Waals surface area (Å²) < 4.78 is 15.8. The molecule has 0 aromatic heterocycles. The Bertz CT molecular complexity index is 675. The number of rotatable bonds is 7. The van der Waals surface area contributed by atoms with Gasteiger partial charge in [0.1, 0.15) is 5.75 Å². The molecule has 2 aromatic rings. The van der Waals surface area contributed by atoms with E-state index in [1.54, 1.807) is 44.6 Å². The summed E-state index contributed by atoms with van der Waals surface area (Å²) >= 11 is 5.96. The summed E-state index contributed by atoms with van der Waals surface area (Å²) in [4.78, 5) is 11.8. The Labute approximate surface area is 140 Å². The molecule has 0 atom stereocenters. The summed E-state index contributed by atoms with van der Waals surface area (Å²) in [6.45, 7) is 0.266. The van der Waals surface area contributed by atoms with E-state index in [4.69, 9.17) is 25.8 Å². The van der Waals surface area contributed by atoms with Crippen LogP contribution in [0.1, 0.15) is 5.56 Å². The molecule has 5 nitrogen and oxygen atoms in total. The molecule has 2 aromatic carbocycles. The maximum Gasteiger partial charge on any atom is 0.258 e. The van der Waals surface area contributed by atoms with Crippen molar-refractivity contribution in [2.24, 2.45) is 0 Å². The van der Waals surface area contributed by atoms with Gasteiger partial charge in [0, 0.05) is 6.54 Å². The minimum atomic E-state index is -0.236. The first kappa shape index (κ1) is 17.0. The monoisotopic (exact) mass is 335 g/mol. The van der Waals surface area contributed by atoms with Crippen LogP contribution in [0.4, 0.5) is 0 Å². The highest BCUT2D eigenvalue weighted by Crippen LogP contribution is 2.27. The van der Waals surface area contributed by atoms with Crippen LogP contribution in [-0.4, -0.2) is 26.7 Å². The highest BCUT2D eigenvalue weighted by atomic mass is 35.5. The van der Waals surface area contributed by atoms with Crippen LogP contribution in [0, 0.1) is 0 Å². The SMILES string of the molecule is COc1ccc(CNC(=O)COc2ccccc2Cl)cc1OC. The molecular weight excluding hydrogens is 318 g/mol. The molecule has 0 aliphatic rings. The first-order valence-electron chi connectivity index (χ1n) is 6.99. The second kappa shape index (κ2) is 8.29. The number of amides is 1. The zero-order valence-corrected chi connectivity index (χ0v) is 13.7. The average Bonchev–Trinajstić information content (AvgIpc) is 2.58. The Morgan fingerprint density at radius 2 is 1.78 bits per heavy atom. The van der Waals surface area contributed by atoms with Crippen molar-refractivity contribution in [3.05, 3.63) is 53.1 Å². The van der Waals surface area contributed by atoms with Crippen LogP contribution in [0.15, 0.2) is 42.5 Å². The van der Waals surface area contributed by atoms with E-state index in [0.29, 0.717) is 28.8 Å². The topological polar surface area (TPSA) is 56.8 Å². The lowest BCUT2D eigenvalue weighted by molar-refractivity contribution is -0.123. The van der Waals surface area contributed by atoms with Crippen molar-refractivity contribution in [1.82, 2.24) is 5.32 Å². The maximum atomic E-state index is 11.8. The second-order valence-electron chi connectivity index (χ2n) is 4.69. The number of hydrogen-bond acceptors (Lipinski definition) is 4. The number of carbonyl (C=O) groups is 1. The van der Waals surface area contributed by atoms with Gasteiger partial charge < -0.3 is 19.5 Å². The zero-order valence-electron chi connectivity index (χ0n) is 13.0. The molecule has 1 amide bonds. The number of carbonyl (C=O) groups excluding carboxylic acids is 1. The summed E-state index contributed by atoms with van der Waals surface area (Å²) in [5.74, 6) is 1.51. The van der Waals surface area contributed by atoms with Crippen LogP contribution >= 0.6 is 11.6 Å². The molecule has 0 aliphatic carbocycles. The van der Waals surface area contributed by atoms with Crippen LogP contribution < -0.4 is 19.5 Å². The lowest BCUT2D eigenvalue weighted by atomic mass is 10.2. The summed E-state index contributed by atoms with van der Waals surface area (Å²) in [6.07, 6.45) is 0. The van der Waals surface area contributed by atoms with Gasteiger partial charge in [-0.3, -0.25) is 4.79 Å². The van der Waals surface area contributed by atoms with Crippen LogP contribution in [0.5, 0.6) is 17.2 Å². The first-order chi connectivity index (χ1) is 11.1. The molecule has 0 unspecified atom stereocenters. The van der Waals surface area contributed by atoms with Crippen LogP contribution in [0.25, 0.3) is 0 Å². The molecule has 23 heavy (non-hydrogen) atoms. The Balaban J connectivity index is 1.86. The molecule has 122 valence electrons. The number of para-hydroxylation sites is 1. The molecule has 1 N–H and O–H groups in total. The summed E-state index contributed by atoms with van der Waals surface area (Å²) in [5.41, 5.74) is 0.897. The molecule has 0 fully saturated rings. The van der Waals surface area contributed by atoms with Gasteiger partial charge in [0.25, 0.3) is 5.91 Å². The Morgan fingerprint density at radius 3 is 2.48 bits per heavy atom. The number of ether oxygens (including phenoxy) is 3. The van der Waals surface area contributed by atoms with Gasteiger partial charge in [0.2, 0.25) is 0 Å². The molecule has 0 radical (unpaired) electrons. The predicted molar refractivity (Wildman–Crippen MR) is 88.3 cm³/mol. The van der Waals surface area contributed by atoms with Gasteiger partial charge in [0.05, 0.1) is 19.2 Å². The third-order valence-electron chi connectivity index (χ3n) is 3.13. The molecule has 0 saturated carbocycles. The summed E-state index contributed by atoms with van der Waals surface area (Å²) in [7, 11) is 3.14. The number of benzene rings is 2.